The molecule has 1 nitrogen and oxygen atoms in total. The largest absolute Gasteiger partial charge is 0.294 e. The fraction of sp³-hybridized carbons (Fsp3) is 0.500. The first-order valence-corrected chi connectivity index (χ1v) is 6.06. The van der Waals surface area contributed by atoms with Gasteiger partial charge in [0.25, 0.3) is 0 Å². The minimum Gasteiger partial charge on any atom is -0.294 e. The van der Waals surface area contributed by atoms with Crippen molar-refractivity contribution in [3.63, 3.8) is 0 Å². The van der Waals surface area contributed by atoms with Crippen molar-refractivity contribution in [3.8, 4) is 0 Å². The maximum atomic E-state index is 5.94. The molecule has 0 spiro atoms. The zero-order valence-electron chi connectivity index (χ0n) is 9.62. The molecule has 0 saturated carbocycles. The molecule has 0 unspecified atom stereocenters. The predicted molar refractivity (Wildman–Crippen MR) is 75.0 cm³/mol. The fourth-order valence-electron chi connectivity index (χ4n) is 1.29. The molecular weight excluding hydrogens is 264 g/mol. The van der Waals surface area contributed by atoms with Crippen molar-refractivity contribution in [1.82, 2.24) is 4.90 Å². The summed E-state index contributed by atoms with van der Waals surface area (Å²) in [5, 5.41) is 0. The summed E-state index contributed by atoms with van der Waals surface area (Å²) >= 11 is 11.9. The van der Waals surface area contributed by atoms with Crippen molar-refractivity contribution in [3.05, 3.63) is 35.9 Å². The SMILES string of the molecule is CN(Cc1ccccc1)C(C)(CCl)CCl.Cl. The molecule has 1 rings (SSSR count). The third-order valence-corrected chi connectivity index (χ3v) is 3.91. The summed E-state index contributed by atoms with van der Waals surface area (Å²) in [7, 11) is 2.05. The molecule has 0 radical (unpaired) electrons. The first-order chi connectivity index (χ1) is 7.12. The summed E-state index contributed by atoms with van der Waals surface area (Å²) in [4.78, 5) is 2.20. The molecule has 0 aromatic heterocycles. The van der Waals surface area contributed by atoms with Crippen LogP contribution in [0.3, 0.4) is 0 Å². The highest BCUT2D eigenvalue weighted by Gasteiger charge is 2.27. The van der Waals surface area contributed by atoms with E-state index in [2.05, 4.69) is 31.0 Å². The van der Waals surface area contributed by atoms with Gasteiger partial charge in [0.1, 0.15) is 0 Å². The molecule has 0 amide bonds. The lowest BCUT2D eigenvalue weighted by Gasteiger charge is -2.35. The molecule has 0 bridgehead atoms. The highest BCUT2D eigenvalue weighted by molar-refractivity contribution is 6.22. The number of nitrogens with zero attached hydrogens (tertiary/aromatic N) is 1. The van der Waals surface area contributed by atoms with Gasteiger partial charge in [-0.1, -0.05) is 30.3 Å². The van der Waals surface area contributed by atoms with E-state index in [9.17, 15) is 0 Å². The van der Waals surface area contributed by atoms with Gasteiger partial charge in [-0.2, -0.15) is 0 Å². The van der Waals surface area contributed by atoms with E-state index in [1.807, 2.05) is 18.2 Å². The van der Waals surface area contributed by atoms with Gasteiger partial charge in [-0.15, -0.1) is 35.6 Å². The zero-order chi connectivity index (χ0) is 11.3. The lowest BCUT2D eigenvalue weighted by molar-refractivity contribution is 0.174. The molecule has 1 aromatic carbocycles. The summed E-state index contributed by atoms with van der Waals surface area (Å²) in [5.41, 5.74) is 1.14. The Morgan fingerprint density at radius 1 is 1.12 bits per heavy atom. The van der Waals surface area contributed by atoms with Gasteiger partial charge in [-0.05, 0) is 19.5 Å². The van der Waals surface area contributed by atoms with Crippen molar-refractivity contribution >= 4 is 35.6 Å². The van der Waals surface area contributed by atoms with Crippen LogP contribution >= 0.6 is 35.6 Å². The van der Waals surface area contributed by atoms with E-state index < -0.39 is 0 Å². The molecule has 92 valence electrons. The van der Waals surface area contributed by atoms with Crippen molar-refractivity contribution in [2.75, 3.05) is 18.8 Å². The van der Waals surface area contributed by atoms with Crippen LogP contribution in [0.1, 0.15) is 12.5 Å². The van der Waals surface area contributed by atoms with Gasteiger partial charge in [-0.25, -0.2) is 0 Å². The summed E-state index contributed by atoms with van der Waals surface area (Å²) < 4.78 is 0. The standard InChI is InChI=1S/C12H17Cl2N.ClH/c1-12(9-13,10-14)15(2)8-11-6-4-3-5-7-11;/h3-7H,8-10H2,1-2H3;1H. The maximum Gasteiger partial charge on any atom is 0.0452 e. The normalized spacial score (nSPS) is 11.3. The highest BCUT2D eigenvalue weighted by atomic mass is 35.5. The molecule has 0 heterocycles. The summed E-state index contributed by atoms with van der Waals surface area (Å²) in [6.07, 6.45) is 0. The van der Waals surface area contributed by atoms with Gasteiger partial charge in [0.2, 0.25) is 0 Å². The molecule has 16 heavy (non-hydrogen) atoms. The molecule has 0 aliphatic heterocycles. The average molecular weight is 283 g/mol. The lowest BCUT2D eigenvalue weighted by Crippen LogP contribution is -2.46. The highest BCUT2D eigenvalue weighted by Crippen LogP contribution is 2.19. The van der Waals surface area contributed by atoms with Crippen LogP contribution in [0.4, 0.5) is 0 Å². The quantitative estimate of drug-likeness (QED) is 0.743. The number of rotatable bonds is 5. The smallest absolute Gasteiger partial charge is 0.0452 e. The minimum absolute atomic E-state index is 0. The second kappa shape index (κ2) is 7.39. The van der Waals surface area contributed by atoms with Crippen LogP contribution in [0.2, 0.25) is 0 Å². The Labute approximate surface area is 114 Å². The van der Waals surface area contributed by atoms with Gasteiger partial charge >= 0.3 is 0 Å². The summed E-state index contributed by atoms with van der Waals surface area (Å²) in [5.74, 6) is 1.08. The van der Waals surface area contributed by atoms with Crippen LogP contribution in [-0.2, 0) is 6.54 Å². The van der Waals surface area contributed by atoms with E-state index in [0.717, 1.165) is 6.54 Å². The fourth-order valence-corrected chi connectivity index (χ4v) is 1.98. The number of alkyl halides is 2. The topological polar surface area (TPSA) is 3.24 Å². The molecule has 0 saturated heterocycles. The molecule has 0 fully saturated rings. The summed E-state index contributed by atoms with van der Waals surface area (Å²) in [6, 6.07) is 10.3. The third kappa shape index (κ3) is 4.14. The predicted octanol–water partition coefficient (Wildman–Crippen LogP) is 3.78. The Kier molecular flexibility index (Phi) is 7.41. The van der Waals surface area contributed by atoms with Crippen molar-refractivity contribution in [2.45, 2.75) is 19.0 Å². The molecule has 0 aliphatic rings. The average Bonchev–Trinajstić information content (AvgIpc) is 2.29. The monoisotopic (exact) mass is 281 g/mol. The first kappa shape index (κ1) is 16.1. The van der Waals surface area contributed by atoms with E-state index in [-0.39, 0.29) is 17.9 Å². The Hall–Kier alpha value is 0.0500. The molecule has 0 atom stereocenters. The Bertz CT molecular complexity index is 286. The van der Waals surface area contributed by atoms with Crippen molar-refractivity contribution in [1.29, 1.82) is 0 Å². The van der Waals surface area contributed by atoms with Crippen LogP contribution in [0.25, 0.3) is 0 Å². The second-order valence-corrected chi connectivity index (χ2v) is 4.64. The third-order valence-electron chi connectivity index (χ3n) is 2.76. The van der Waals surface area contributed by atoms with E-state index in [1.54, 1.807) is 0 Å². The Morgan fingerprint density at radius 3 is 2.06 bits per heavy atom. The maximum absolute atomic E-state index is 5.94. The van der Waals surface area contributed by atoms with Crippen LogP contribution in [0.15, 0.2) is 30.3 Å². The second-order valence-electron chi connectivity index (χ2n) is 4.11. The van der Waals surface area contributed by atoms with Gasteiger partial charge in [0.15, 0.2) is 0 Å². The van der Waals surface area contributed by atoms with Crippen LogP contribution in [0.5, 0.6) is 0 Å². The van der Waals surface area contributed by atoms with Gasteiger partial charge < -0.3 is 0 Å². The Balaban J connectivity index is 0.00000225. The van der Waals surface area contributed by atoms with Crippen molar-refractivity contribution in [2.24, 2.45) is 0 Å². The molecule has 4 heteroatoms. The van der Waals surface area contributed by atoms with Crippen LogP contribution in [-0.4, -0.2) is 29.2 Å². The van der Waals surface area contributed by atoms with E-state index in [0.29, 0.717) is 11.8 Å². The van der Waals surface area contributed by atoms with Gasteiger partial charge in [0.05, 0.1) is 0 Å². The molecular formula is C12H18Cl3N. The minimum atomic E-state index is -0.140. The zero-order valence-corrected chi connectivity index (χ0v) is 11.9. The number of hydrogen-bond acceptors (Lipinski definition) is 1. The number of benzene rings is 1. The van der Waals surface area contributed by atoms with Crippen LogP contribution < -0.4 is 0 Å². The summed E-state index contributed by atoms with van der Waals surface area (Å²) in [6.45, 7) is 2.95. The Morgan fingerprint density at radius 2 is 1.62 bits per heavy atom. The molecule has 0 N–H and O–H groups in total. The first-order valence-electron chi connectivity index (χ1n) is 4.99. The lowest BCUT2D eigenvalue weighted by atomic mass is 10.1. The number of halogens is 3. The van der Waals surface area contributed by atoms with E-state index in [1.165, 1.54) is 5.56 Å². The molecule has 1 aromatic rings. The van der Waals surface area contributed by atoms with E-state index in [4.69, 9.17) is 23.2 Å². The number of hydrogen-bond donors (Lipinski definition) is 0. The molecule has 0 aliphatic carbocycles. The van der Waals surface area contributed by atoms with Crippen molar-refractivity contribution < 1.29 is 0 Å². The van der Waals surface area contributed by atoms with E-state index >= 15 is 0 Å². The van der Waals surface area contributed by atoms with Gasteiger partial charge in [0, 0.05) is 23.8 Å². The van der Waals surface area contributed by atoms with Crippen LogP contribution in [0, 0.1) is 0 Å². The van der Waals surface area contributed by atoms with Gasteiger partial charge in [-0.3, -0.25) is 4.90 Å².